The van der Waals surface area contributed by atoms with Crippen molar-refractivity contribution in [2.45, 2.75) is 12.8 Å². The molecule has 0 spiro atoms. The molecule has 0 amide bonds. The number of hydrogen-bond acceptors (Lipinski definition) is 0. The van der Waals surface area contributed by atoms with Gasteiger partial charge in [0.15, 0.2) is 0 Å². The Morgan fingerprint density at radius 1 is 0.457 bits per heavy atom. The first-order valence-electron chi connectivity index (χ1n) is 16.1. The first-order valence-corrected chi connectivity index (χ1v) is 16.1. The van der Waals surface area contributed by atoms with Crippen LogP contribution in [0.1, 0.15) is 17.7 Å². The second-order valence-electron chi connectivity index (χ2n) is 12.6. The van der Waals surface area contributed by atoms with Crippen LogP contribution in [0, 0.1) is 0 Å². The average Bonchev–Trinajstić information content (AvgIpc) is 3.73. The summed E-state index contributed by atoms with van der Waals surface area (Å²) >= 11 is 0. The van der Waals surface area contributed by atoms with Crippen molar-refractivity contribution in [3.05, 3.63) is 151 Å². The van der Waals surface area contributed by atoms with Gasteiger partial charge in [-0.25, -0.2) is 0 Å². The van der Waals surface area contributed by atoms with Crippen molar-refractivity contribution < 1.29 is 0 Å². The molecule has 3 nitrogen and oxygen atoms in total. The van der Waals surface area contributed by atoms with E-state index >= 15 is 0 Å². The summed E-state index contributed by atoms with van der Waals surface area (Å²) < 4.78 is 7.20. The summed E-state index contributed by atoms with van der Waals surface area (Å²) in [6.07, 6.45) is 6.85. The molecule has 0 aliphatic heterocycles. The molecule has 3 aromatic heterocycles. The first kappa shape index (κ1) is 25.5. The second kappa shape index (κ2) is 9.60. The predicted octanol–water partition coefficient (Wildman–Crippen LogP) is 11.0. The predicted molar refractivity (Wildman–Crippen MR) is 194 cm³/mol. The Labute approximate surface area is 266 Å². The number of nitrogens with zero attached hydrogens (tertiary/aromatic N) is 3. The molecule has 1 aliphatic carbocycles. The SMILES string of the molecule is Cn1c2c(c3cc(-c4ccc5c(c4)c4cc(-n6c7ccccc7c7ccccc76)ccc4n5-c4ccccc4)ccc31)C=CCC2. The number of para-hydroxylation sites is 3. The molecule has 1 aliphatic rings. The molecule has 46 heavy (non-hydrogen) atoms. The number of hydrogen-bond donors (Lipinski definition) is 0. The lowest BCUT2D eigenvalue weighted by atomic mass is 9.98. The van der Waals surface area contributed by atoms with Crippen molar-refractivity contribution in [3.8, 4) is 22.5 Å². The van der Waals surface area contributed by atoms with Gasteiger partial charge in [0.05, 0.1) is 22.1 Å². The van der Waals surface area contributed by atoms with Crippen molar-refractivity contribution in [1.82, 2.24) is 13.7 Å². The zero-order chi connectivity index (χ0) is 30.4. The summed E-state index contributed by atoms with van der Waals surface area (Å²) in [5.74, 6) is 0. The normalized spacial score (nSPS) is 13.1. The average molecular weight is 590 g/mol. The summed E-state index contributed by atoms with van der Waals surface area (Å²) in [7, 11) is 2.21. The van der Waals surface area contributed by atoms with E-state index in [1.165, 1.54) is 88.3 Å². The van der Waals surface area contributed by atoms with E-state index < -0.39 is 0 Å². The molecule has 0 N–H and O–H groups in total. The molecule has 9 aromatic rings. The highest BCUT2D eigenvalue weighted by Gasteiger charge is 2.19. The van der Waals surface area contributed by atoms with E-state index in [-0.39, 0.29) is 0 Å². The van der Waals surface area contributed by atoms with Crippen LogP contribution in [0.25, 0.3) is 83.1 Å². The van der Waals surface area contributed by atoms with E-state index in [1.807, 2.05) is 0 Å². The molecule has 0 unspecified atom stereocenters. The third kappa shape index (κ3) is 3.54. The van der Waals surface area contributed by atoms with Gasteiger partial charge in [-0.05, 0) is 90.7 Å². The van der Waals surface area contributed by atoms with Crippen molar-refractivity contribution in [3.63, 3.8) is 0 Å². The molecule has 10 rings (SSSR count). The fraction of sp³-hybridized carbons (Fsp3) is 0.0698. The van der Waals surface area contributed by atoms with E-state index in [1.54, 1.807) is 0 Å². The molecule has 0 bridgehead atoms. The largest absolute Gasteiger partial charge is 0.347 e. The minimum absolute atomic E-state index is 1.10. The minimum Gasteiger partial charge on any atom is -0.347 e. The highest BCUT2D eigenvalue weighted by molar-refractivity contribution is 6.13. The van der Waals surface area contributed by atoms with Crippen LogP contribution in [-0.4, -0.2) is 13.7 Å². The summed E-state index contributed by atoms with van der Waals surface area (Å²) in [5, 5.41) is 6.41. The molecule has 0 radical (unpaired) electrons. The highest BCUT2D eigenvalue weighted by Crippen LogP contribution is 2.39. The Balaban J connectivity index is 1.24. The van der Waals surface area contributed by atoms with Gasteiger partial charge >= 0.3 is 0 Å². The fourth-order valence-electron chi connectivity index (χ4n) is 8.00. The summed E-state index contributed by atoms with van der Waals surface area (Å²) in [4.78, 5) is 0. The van der Waals surface area contributed by atoms with Crippen molar-refractivity contribution in [2.24, 2.45) is 7.05 Å². The molecule has 6 aromatic carbocycles. The van der Waals surface area contributed by atoms with Crippen molar-refractivity contribution in [2.75, 3.05) is 0 Å². The third-order valence-electron chi connectivity index (χ3n) is 10.1. The molecular formula is C43H31N3. The highest BCUT2D eigenvalue weighted by atomic mass is 15.0. The molecule has 0 fully saturated rings. The van der Waals surface area contributed by atoms with Crippen LogP contribution in [0.5, 0.6) is 0 Å². The number of allylic oxidation sites excluding steroid dienone is 1. The number of rotatable bonds is 3. The van der Waals surface area contributed by atoms with E-state index in [0.29, 0.717) is 0 Å². The smallest absolute Gasteiger partial charge is 0.0542 e. The van der Waals surface area contributed by atoms with Crippen molar-refractivity contribution >= 4 is 60.6 Å². The van der Waals surface area contributed by atoms with Crippen LogP contribution in [0.15, 0.2) is 140 Å². The zero-order valence-corrected chi connectivity index (χ0v) is 25.6. The quantitative estimate of drug-likeness (QED) is 0.195. The summed E-state index contributed by atoms with van der Waals surface area (Å²) in [5.41, 5.74) is 13.8. The van der Waals surface area contributed by atoms with E-state index in [2.05, 4.69) is 166 Å². The first-order chi connectivity index (χ1) is 22.7. The topological polar surface area (TPSA) is 14.8 Å². The lowest BCUT2D eigenvalue weighted by Gasteiger charge is -2.10. The van der Waals surface area contributed by atoms with Gasteiger partial charge in [0.1, 0.15) is 0 Å². The van der Waals surface area contributed by atoms with Crippen LogP contribution < -0.4 is 0 Å². The fourth-order valence-corrected chi connectivity index (χ4v) is 8.00. The summed E-state index contributed by atoms with van der Waals surface area (Å²) in [6.45, 7) is 0. The molecule has 218 valence electrons. The molecular weight excluding hydrogens is 558 g/mol. The van der Waals surface area contributed by atoms with Gasteiger partial charge in [0.25, 0.3) is 0 Å². The lowest BCUT2D eigenvalue weighted by molar-refractivity contribution is 0.824. The minimum atomic E-state index is 1.10. The maximum absolute atomic E-state index is 2.42. The van der Waals surface area contributed by atoms with Gasteiger partial charge in [-0.3, -0.25) is 0 Å². The van der Waals surface area contributed by atoms with E-state index in [9.17, 15) is 0 Å². The number of fused-ring (bicyclic) bond motifs is 9. The van der Waals surface area contributed by atoms with E-state index in [4.69, 9.17) is 0 Å². The molecule has 0 atom stereocenters. The Morgan fingerprint density at radius 2 is 1.02 bits per heavy atom. The molecule has 3 heteroatoms. The van der Waals surface area contributed by atoms with Gasteiger partial charge in [-0.1, -0.05) is 78.9 Å². The van der Waals surface area contributed by atoms with Crippen LogP contribution in [0.2, 0.25) is 0 Å². The van der Waals surface area contributed by atoms with Gasteiger partial charge in [0, 0.05) is 62.1 Å². The van der Waals surface area contributed by atoms with Crippen LogP contribution in [0.3, 0.4) is 0 Å². The van der Waals surface area contributed by atoms with Gasteiger partial charge in [-0.15, -0.1) is 0 Å². The van der Waals surface area contributed by atoms with Crippen LogP contribution in [-0.2, 0) is 13.5 Å². The molecule has 3 heterocycles. The Kier molecular flexibility index (Phi) is 5.32. The van der Waals surface area contributed by atoms with Crippen molar-refractivity contribution in [1.29, 1.82) is 0 Å². The summed E-state index contributed by atoms with van der Waals surface area (Å²) in [6, 6.07) is 49.2. The molecule has 0 saturated heterocycles. The monoisotopic (exact) mass is 589 g/mol. The van der Waals surface area contributed by atoms with Crippen LogP contribution in [0.4, 0.5) is 0 Å². The Bertz CT molecular complexity index is 2640. The lowest BCUT2D eigenvalue weighted by Crippen LogP contribution is -1.99. The standard InChI is InChI=1S/C43H31N3/c1-44-38-16-8-5-15-34(38)35-25-28(19-22-39(35)44)29-20-23-42-36(26-29)37-27-31(21-24-43(37)45(42)30-11-3-2-4-12-30)46-40-17-9-6-13-32(40)33-14-7-10-18-41(33)46/h2-7,9-15,17-27H,8,16H2,1H3. The second-order valence-corrected chi connectivity index (χ2v) is 12.6. The molecule has 0 saturated carbocycles. The van der Waals surface area contributed by atoms with Gasteiger partial charge in [0.2, 0.25) is 0 Å². The van der Waals surface area contributed by atoms with Crippen LogP contribution >= 0.6 is 0 Å². The van der Waals surface area contributed by atoms with E-state index in [0.717, 1.165) is 12.8 Å². The number of benzene rings is 6. The van der Waals surface area contributed by atoms with Gasteiger partial charge in [-0.2, -0.15) is 0 Å². The third-order valence-corrected chi connectivity index (χ3v) is 10.1. The number of aryl methyl sites for hydroxylation is 1. The Hall–Kier alpha value is -5.80. The zero-order valence-electron chi connectivity index (χ0n) is 25.6. The number of aromatic nitrogens is 3. The Morgan fingerprint density at radius 3 is 1.76 bits per heavy atom. The maximum atomic E-state index is 2.42. The maximum Gasteiger partial charge on any atom is 0.0542 e. The van der Waals surface area contributed by atoms with Gasteiger partial charge < -0.3 is 13.7 Å².